The monoisotopic (exact) mass is 492 g/mol. The van der Waals surface area contributed by atoms with Gasteiger partial charge in [-0.2, -0.15) is 5.10 Å². The smallest absolute Gasteiger partial charge is 0.366 e. The minimum atomic E-state index is -1.32. The molecule has 7 nitrogen and oxygen atoms in total. The van der Waals surface area contributed by atoms with Gasteiger partial charge in [0.05, 0.1) is 37.4 Å². The van der Waals surface area contributed by atoms with Crippen molar-refractivity contribution in [2.24, 2.45) is 5.92 Å². The summed E-state index contributed by atoms with van der Waals surface area (Å²) in [5.41, 5.74) is 5.35. The van der Waals surface area contributed by atoms with Crippen LogP contribution >= 0.6 is 0 Å². The normalized spacial score (nSPS) is 20.2. The molecule has 192 valence electrons. The topological polar surface area (TPSA) is 71.8 Å². The van der Waals surface area contributed by atoms with Gasteiger partial charge in [0.1, 0.15) is 12.4 Å². The Hall–Kier alpha value is -3.16. The van der Waals surface area contributed by atoms with Gasteiger partial charge in [0, 0.05) is 18.3 Å². The largest absolute Gasteiger partial charge is 0.487 e. The Kier molecular flexibility index (Phi) is 7.52. The molecule has 4 rings (SSSR count). The van der Waals surface area contributed by atoms with Gasteiger partial charge in [0.2, 0.25) is 0 Å². The zero-order chi connectivity index (χ0) is 25.9. The van der Waals surface area contributed by atoms with Gasteiger partial charge in [0.15, 0.2) is 0 Å². The fraction of sp³-hybridized carbons (Fsp3) is 0.448. The van der Waals surface area contributed by atoms with E-state index in [0.717, 1.165) is 34.8 Å². The molecule has 1 fully saturated rings. The molecule has 0 radical (unpaired) electrons. The number of carbonyl (C=O) groups is 1. The molecule has 0 atom stereocenters. The molecule has 1 aliphatic rings. The summed E-state index contributed by atoms with van der Waals surface area (Å²) in [5, 5.41) is 4.88. The van der Waals surface area contributed by atoms with Crippen LogP contribution in [0.3, 0.4) is 0 Å². The van der Waals surface area contributed by atoms with Gasteiger partial charge in [-0.15, -0.1) is 0 Å². The zero-order valence-electron chi connectivity index (χ0n) is 22.0. The number of nitrogens with zero attached hydrogens (tertiary/aromatic N) is 2. The van der Waals surface area contributed by atoms with E-state index >= 15 is 0 Å². The van der Waals surface area contributed by atoms with Crippen LogP contribution in [-0.4, -0.2) is 41.9 Å². The first-order chi connectivity index (χ1) is 17.1. The van der Waals surface area contributed by atoms with E-state index in [4.69, 9.17) is 24.0 Å². The fourth-order valence-corrected chi connectivity index (χ4v) is 4.08. The highest BCUT2D eigenvalue weighted by molar-refractivity contribution is 5.77. The van der Waals surface area contributed by atoms with Crippen molar-refractivity contribution < 1.29 is 23.7 Å². The van der Waals surface area contributed by atoms with Crippen LogP contribution in [0.1, 0.15) is 50.2 Å². The number of carbonyl (C=O) groups excluding carboxylic acids is 1. The molecular formula is C29H36N2O5. The van der Waals surface area contributed by atoms with Crippen LogP contribution in [0.5, 0.6) is 5.75 Å². The molecule has 1 aromatic heterocycles. The van der Waals surface area contributed by atoms with E-state index in [-0.39, 0.29) is 11.3 Å². The van der Waals surface area contributed by atoms with E-state index in [1.54, 1.807) is 6.92 Å². The Labute approximate surface area is 213 Å². The van der Waals surface area contributed by atoms with E-state index in [9.17, 15) is 4.79 Å². The lowest BCUT2D eigenvalue weighted by molar-refractivity contribution is -0.272. The third-order valence-electron chi connectivity index (χ3n) is 6.41. The standard InChI is InChI=1S/C29H36N2O5/c1-20-7-11-23(12-8-20)31-24(16-26(30-31)28(2,3)4)19-34-25-13-9-21(10-14-25)15-22-17-35-29(5,36-18-22)27(32)33-6/h7-14,16,22H,15,17-19H2,1-6H3. The molecule has 0 spiro atoms. The molecule has 2 heterocycles. The van der Waals surface area contributed by atoms with Crippen LogP contribution in [-0.2, 0) is 37.4 Å². The first-order valence-electron chi connectivity index (χ1n) is 12.3. The van der Waals surface area contributed by atoms with Crippen LogP contribution in [0.2, 0.25) is 0 Å². The van der Waals surface area contributed by atoms with E-state index in [1.165, 1.54) is 12.7 Å². The van der Waals surface area contributed by atoms with Crippen molar-refractivity contribution in [2.45, 2.75) is 58.8 Å². The maximum absolute atomic E-state index is 11.8. The van der Waals surface area contributed by atoms with E-state index in [1.807, 2.05) is 16.8 Å². The highest BCUT2D eigenvalue weighted by Crippen LogP contribution is 2.27. The Morgan fingerprint density at radius 2 is 1.72 bits per heavy atom. The summed E-state index contributed by atoms with van der Waals surface area (Å²) >= 11 is 0. The Morgan fingerprint density at radius 3 is 2.31 bits per heavy atom. The predicted octanol–water partition coefficient (Wildman–Crippen LogP) is 5.15. The lowest BCUT2D eigenvalue weighted by Gasteiger charge is -2.35. The molecule has 36 heavy (non-hydrogen) atoms. The molecule has 3 aromatic rings. The van der Waals surface area contributed by atoms with Gasteiger partial charge >= 0.3 is 5.97 Å². The third-order valence-corrected chi connectivity index (χ3v) is 6.41. The first kappa shape index (κ1) is 25.9. The first-order valence-corrected chi connectivity index (χ1v) is 12.3. The van der Waals surface area contributed by atoms with Crippen molar-refractivity contribution in [1.29, 1.82) is 0 Å². The van der Waals surface area contributed by atoms with Crippen LogP contribution in [0.4, 0.5) is 0 Å². The van der Waals surface area contributed by atoms with Gasteiger partial charge in [0.25, 0.3) is 5.79 Å². The minimum Gasteiger partial charge on any atom is -0.487 e. The van der Waals surface area contributed by atoms with Crippen LogP contribution < -0.4 is 4.74 Å². The number of methoxy groups -OCH3 is 1. The van der Waals surface area contributed by atoms with E-state index in [2.05, 4.69) is 70.2 Å². The van der Waals surface area contributed by atoms with Crippen LogP contribution in [0, 0.1) is 12.8 Å². The highest BCUT2D eigenvalue weighted by Gasteiger charge is 2.41. The summed E-state index contributed by atoms with van der Waals surface area (Å²) in [7, 11) is 1.33. The molecule has 1 saturated heterocycles. The van der Waals surface area contributed by atoms with Crippen LogP contribution in [0.25, 0.3) is 5.69 Å². The lowest BCUT2D eigenvalue weighted by Crippen LogP contribution is -2.48. The number of hydrogen-bond acceptors (Lipinski definition) is 6. The molecule has 0 N–H and O–H groups in total. The Morgan fingerprint density at radius 1 is 1.08 bits per heavy atom. The minimum absolute atomic E-state index is 0.0623. The second kappa shape index (κ2) is 10.4. The SMILES string of the molecule is COC(=O)C1(C)OCC(Cc2ccc(OCc3cc(C(C)(C)C)nn3-c3ccc(C)cc3)cc2)CO1. The molecule has 0 bridgehead atoms. The summed E-state index contributed by atoms with van der Waals surface area (Å²) < 4.78 is 24.2. The Balaban J connectivity index is 1.39. The number of hydrogen-bond donors (Lipinski definition) is 0. The quantitative estimate of drug-likeness (QED) is 0.425. The molecule has 0 aliphatic carbocycles. The molecule has 2 aromatic carbocycles. The van der Waals surface area contributed by atoms with Crippen molar-refractivity contribution in [1.82, 2.24) is 9.78 Å². The maximum atomic E-state index is 11.8. The summed E-state index contributed by atoms with van der Waals surface area (Å²) in [6, 6.07) is 18.6. The number of rotatable bonds is 7. The summed E-state index contributed by atoms with van der Waals surface area (Å²) in [4.78, 5) is 11.8. The van der Waals surface area contributed by atoms with E-state index in [0.29, 0.717) is 19.8 Å². The molecule has 1 aliphatic heterocycles. The number of aryl methyl sites for hydroxylation is 1. The van der Waals surface area contributed by atoms with Crippen LogP contribution in [0.15, 0.2) is 54.6 Å². The predicted molar refractivity (Wildman–Crippen MR) is 137 cm³/mol. The highest BCUT2D eigenvalue weighted by atomic mass is 16.7. The van der Waals surface area contributed by atoms with Crippen molar-refractivity contribution >= 4 is 5.97 Å². The van der Waals surface area contributed by atoms with E-state index < -0.39 is 11.8 Å². The average molecular weight is 493 g/mol. The lowest BCUT2D eigenvalue weighted by atomic mass is 9.92. The van der Waals surface area contributed by atoms with Gasteiger partial charge in [-0.25, -0.2) is 9.48 Å². The van der Waals surface area contributed by atoms with Crippen molar-refractivity contribution in [3.63, 3.8) is 0 Å². The zero-order valence-corrected chi connectivity index (χ0v) is 22.0. The molecular weight excluding hydrogens is 456 g/mol. The fourth-order valence-electron chi connectivity index (χ4n) is 4.08. The maximum Gasteiger partial charge on any atom is 0.366 e. The number of benzene rings is 2. The molecule has 7 heteroatoms. The number of esters is 1. The average Bonchev–Trinajstić information content (AvgIpc) is 3.30. The second-order valence-electron chi connectivity index (χ2n) is 10.6. The molecule has 0 amide bonds. The second-order valence-corrected chi connectivity index (χ2v) is 10.6. The Bertz CT molecular complexity index is 1170. The van der Waals surface area contributed by atoms with Crippen molar-refractivity contribution in [3.8, 4) is 11.4 Å². The van der Waals surface area contributed by atoms with Crippen molar-refractivity contribution in [2.75, 3.05) is 20.3 Å². The van der Waals surface area contributed by atoms with Gasteiger partial charge < -0.3 is 18.9 Å². The summed E-state index contributed by atoms with van der Waals surface area (Å²) in [6.45, 7) is 11.4. The third kappa shape index (κ3) is 5.97. The van der Waals surface area contributed by atoms with Crippen molar-refractivity contribution in [3.05, 3.63) is 77.1 Å². The summed E-state index contributed by atoms with van der Waals surface area (Å²) in [5.74, 6) is -0.877. The number of aromatic nitrogens is 2. The summed E-state index contributed by atoms with van der Waals surface area (Å²) in [6.07, 6.45) is 0.784. The van der Waals surface area contributed by atoms with Gasteiger partial charge in [-0.3, -0.25) is 0 Å². The van der Waals surface area contributed by atoms with Gasteiger partial charge in [-0.1, -0.05) is 50.6 Å². The molecule has 0 unspecified atom stereocenters. The molecule has 0 saturated carbocycles. The van der Waals surface area contributed by atoms with Gasteiger partial charge in [-0.05, 0) is 49.2 Å². The number of ether oxygens (including phenoxy) is 4.